The van der Waals surface area contributed by atoms with E-state index in [1.165, 1.54) is 64.2 Å². The molecule has 0 radical (unpaired) electrons. The van der Waals surface area contributed by atoms with Gasteiger partial charge in [0.1, 0.15) is 0 Å². The second kappa shape index (κ2) is 21.1. The van der Waals surface area contributed by atoms with Crippen molar-refractivity contribution in [2.24, 2.45) is 0 Å². The summed E-state index contributed by atoms with van der Waals surface area (Å²) in [5.74, 6) is 0. The largest absolute Gasteiger partial charge is 0.508 e. The van der Waals surface area contributed by atoms with Crippen LogP contribution in [0.25, 0.3) is 0 Å². The molecule has 0 aliphatic heterocycles. The number of carbonyl (C=O) groups is 1. The van der Waals surface area contributed by atoms with E-state index in [2.05, 4.69) is 26.0 Å². The first-order valence-electron chi connectivity index (χ1n) is 10.8. The molecule has 0 fully saturated rings. The average molecular weight is 355 g/mol. The number of rotatable bonds is 18. The van der Waals surface area contributed by atoms with Crippen molar-refractivity contribution >= 4 is 6.16 Å². The Morgan fingerprint density at radius 1 is 0.600 bits per heavy atom. The second-order valence-corrected chi connectivity index (χ2v) is 6.88. The Balaban J connectivity index is 3.16. The van der Waals surface area contributed by atoms with Gasteiger partial charge in [0.15, 0.2) is 0 Å². The summed E-state index contributed by atoms with van der Waals surface area (Å²) in [4.78, 5) is 11.3. The van der Waals surface area contributed by atoms with E-state index in [0.29, 0.717) is 13.2 Å². The van der Waals surface area contributed by atoms with Crippen LogP contribution in [0.3, 0.4) is 0 Å². The molecule has 0 aliphatic rings. The number of allylic oxidation sites excluding steroid dienone is 2. The van der Waals surface area contributed by atoms with E-state index >= 15 is 0 Å². The topological polar surface area (TPSA) is 35.5 Å². The number of hydrogen-bond donors (Lipinski definition) is 0. The van der Waals surface area contributed by atoms with Gasteiger partial charge in [-0.25, -0.2) is 4.79 Å². The third-order valence-corrected chi connectivity index (χ3v) is 4.34. The quantitative estimate of drug-likeness (QED) is 0.144. The number of unbranched alkanes of at least 4 members (excludes halogenated alkanes) is 12. The lowest BCUT2D eigenvalue weighted by molar-refractivity contribution is 0.0530. The minimum absolute atomic E-state index is 0.486. The molecular formula is C22H42O3. The lowest BCUT2D eigenvalue weighted by atomic mass is 10.1. The van der Waals surface area contributed by atoms with Crippen LogP contribution >= 0.6 is 0 Å². The van der Waals surface area contributed by atoms with Crippen molar-refractivity contribution in [2.45, 2.75) is 110 Å². The van der Waals surface area contributed by atoms with Crippen molar-refractivity contribution in [1.29, 1.82) is 0 Å². The highest BCUT2D eigenvalue weighted by Crippen LogP contribution is 2.09. The van der Waals surface area contributed by atoms with Crippen molar-refractivity contribution in [1.82, 2.24) is 0 Å². The van der Waals surface area contributed by atoms with Gasteiger partial charge in [-0.3, -0.25) is 0 Å². The van der Waals surface area contributed by atoms with Crippen molar-refractivity contribution < 1.29 is 14.3 Å². The first-order chi connectivity index (χ1) is 12.3. The van der Waals surface area contributed by atoms with Gasteiger partial charge in [-0.05, 0) is 38.5 Å². The molecule has 0 heterocycles. The fourth-order valence-electron chi connectivity index (χ4n) is 2.70. The molecule has 0 aliphatic carbocycles. The van der Waals surface area contributed by atoms with Crippen LogP contribution in [-0.4, -0.2) is 19.4 Å². The predicted octanol–water partition coefficient (Wildman–Crippen LogP) is 7.59. The standard InChI is InChI=1S/C22H42O3/c1-3-5-7-8-9-10-11-12-13-14-15-16-17-19-21-25-22(23)24-20-18-6-4-2/h10-11H,3-9,12-21H2,1-2H3. The maximum Gasteiger partial charge on any atom is 0.508 e. The minimum Gasteiger partial charge on any atom is -0.434 e. The van der Waals surface area contributed by atoms with E-state index in [0.717, 1.165) is 32.1 Å². The molecule has 0 aromatic carbocycles. The molecule has 0 saturated heterocycles. The van der Waals surface area contributed by atoms with Gasteiger partial charge in [-0.15, -0.1) is 0 Å². The first kappa shape index (κ1) is 24.0. The van der Waals surface area contributed by atoms with Crippen molar-refractivity contribution in [2.75, 3.05) is 13.2 Å². The van der Waals surface area contributed by atoms with Crippen LogP contribution in [0.1, 0.15) is 110 Å². The summed E-state index contributed by atoms with van der Waals surface area (Å²) in [6, 6.07) is 0. The molecule has 0 spiro atoms. The molecule has 0 aromatic rings. The normalized spacial score (nSPS) is 11.1. The van der Waals surface area contributed by atoms with Gasteiger partial charge in [0, 0.05) is 0 Å². The number of hydrogen-bond acceptors (Lipinski definition) is 3. The Kier molecular flexibility index (Phi) is 20.2. The van der Waals surface area contributed by atoms with Gasteiger partial charge in [0.25, 0.3) is 0 Å². The Morgan fingerprint density at radius 3 is 1.56 bits per heavy atom. The van der Waals surface area contributed by atoms with E-state index in [1.807, 2.05) is 0 Å². The molecule has 0 aromatic heterocycles. The molecule has 3 nitrogen and oxygen atoms in total. The summed E-state index contributed by atoms with van der Waals surface area (Å²) < 4.78 is 10.1. The SMILES string of the molecule is CCCCCCC=CCCCCCCCCOC(=O)OCCCCC. The molecule has 0 N–H and O–H groups in total. The lowest BCUT2D eigenvalue weighted by Gasteiger charge is -2.06. The highest BCUT2D eigenvalue weighted by molar-refractivity contribution is 5.59. The zero-order valence-electron chi connectivity index (χ0n) is 16.9. The zero-order valence-corrected chi connectivity index (χ0v) is 16.9. The molecule has 0 rings (SSSR count). The molecule has 148 valence electrons. The Morgan fingerprint density at radius 2 is 1.00 bits per heavy atom. The first-order valence-corrected chi connectivity index (χ1v) is 10.8. The lowest BCUT2D eigenvalue weighted by Crippen LogP contribution is -2.09. The Bertz CT molecular complexity index is 300. The van der Waals surface area contributed by atoms with Crippen molar-refractivity contribution in [3.63, 3.8) is 0 Å². The van der Waals surface area contributed by atoms with Crippen LogP contribution in [0.15, 0.2) is 12.2 Å². The smallest absolute Gasteiger partial charge is 0.434 e. The fourth-order valence-corrected chi connectivity index (χ4v) is 2.70. The van der Waals surface area contributed by atoms with E-state index in [4.69, 9.17) is 9.47 Å². The van der Waals surface area contributed by atoms with Gasteiger partial charge in [-0.1, -0.05) is 83.8 Å². The summed E-state index contributed by atoms with van der Waals surface area (Å²) in [6.45, 7) is 5.37. The molecule has 0 amide bonds. The zero-order chi connectivity index (χ0) is 18.4. The van der Waals surface area contributed by atoms with E-state index in [9.17, 15) is 4.79 Å². The van der Waals surface area contributed by atoms with Crippen molar-refractivity contribution in [3.05, 3.63) is 12.2 Å². The van der Waals surface area contributed by atoms with Gasteiger partial charge >= 0.3 is 6.16 Å². The van der Waals surface area contributed by atoms with Crippen LogP contribution in [0.4, 0.5) is 4.79 Å². The molecule has 25 heavy (non-hydrogen) atoms. The fraction of sp³-hybridized carbons (Fsp3) is 0.864. The van der Waals surface area contributed by atoms with Crippen LogP contribution < -0.4 is 0 Å². The Labute approximate surface area is 156 Å². The number of carbonyl (C=O) groups excluding carboxylic acids is 1. The van der Waals surface area contributed by atoms with E-state index in [-0.39, 0.29) is 0 Å². The second-order valence-electron chi connectivity index (χ2n) is 6.88. The summed E-state index contributed by atoms with van der Waals surface area (Å²) in [7, 11) is 0. The summed E-state index contributed by atoms with van der Waals surface area (Å²) in [6.07, 6.45) is 22.5. The van der Waals surface area contributed by atoms with Gasteiger partial charge in [-0.2, -0.15) is 0 Å². The van der Waals surface area contributed by atoms with Gasteiger partial charge < -0.3 is 9.47 Å². The van der Waals surface area contributed by atoms with Crippen LogP contribution in [0, 0.1) is 0 Å². The maximum absolute atomic E-state index is 11.3. The van der Waals surface area contributed by atoms with Crippen LogP contribution in [0.5, 0.6) is 0 Å². The molecule has 0 bridgehead atoms. The highest BCUT2D eigenvalue weighted by atomic mass is 16.7. The minimum atomic E-state index is -0.502. The van der Waals surface area contributed by atoms with Crippen molar-refractivity contribution in [3.8, 4) is 0 Å². The van der Waals surface area contributed by atoms with E-state index < -0.39 is 6.16 Å². The summed E-state index contributed by atoms with van der Waals surface area (Å²) >= 11 is 0. The molecule has 0 unspecified atom stereocenters. The van der Waals surface area contributed by atoms with Gasteiger partial charge in [0.05, 0.1) is 13.2 Å². The molecule has 3 heteroatoms. The molecule has 0 atom stereocenters. The predicted molar refractivity (Wildman–Crippen MR) is 107 cm³/mol. The third-order valence-electron chi connectivity index (χ3n) is 4.34. The average Bonchev–Trinajstić information content (AvgIpc) is 2.62. The summed E-state index contributed by atoms with van der Waals surface area (Å²) in [5, 5.41) is 0. The molecule has 0 saturated carbocycles. The third kappa shape index (κ3) is 21.0. The highest BCUT2D eigenvalue weighted by Gasteiger charge is 2.02. The summed E-state index contributed by atoms with van der Waals surface area (Å²) in [5.41, 5.74) is 0. The molecular weight excluding hydrogens is 312 g/mol. The van der Waals surface area contributed by atoms with Crippen LogP contribution in [-0.2, 0) is 9.47 Å². The van der Waals surface area contributed by atoms with Gasteiger partial charge in [0.2, 0.25) is 0 Å². The number of ether oxygens (including phenoxy) is 2. The monoisotopic (exact) mass is 354 g/mol. The van der Waals surface area contributed by atoms with E-state index in [1.54, 1.807) is 0 Å². The maximum atomic E-state index is 11.3. The Hall–Kier alpha value is -0.990. The van der Waals surface area contributed by atoms with Crippen LogP contribution in [0.2, 0.25) is 0 Å².